The van der Waals surface area contributed by atoms with Crippen molar-refractivity contribution in [3.63, 3.8) is 0 Å². The van der Waals surface area contributed by atoms with E-state index in [1.54, 1.807) is 11.3 Å². The lowest BCUT2D eigenvalue weighted by Crippen LogP contribution is -2.11. The molecular weight excluding hydrogens is 186 g/mol. The largest absolute Gasteiger partial charge is 0.481 e. The molecule has 1 atom stereocenters. The SMILES string of the molecule is Cc1ccsc1C(N)CCC(=O)O. The van der Waals surface area contributed by atoms with Gasteiger partial charge in [-0.05, 0) is 30.4 Å². The topological polar surface area (TPSA) is 63.3 Å². The highest BCUT2D eigenvalue weighted by molar-refractivity contribution is 7.10. The van der Waals surface area contributed by atoms with Crippen LogP contribution < -0.4 is 5.73 Å². The number of hydrogen-bond donors (Lipinski definition) is 2. The first kappa shape index (κ1) is 10.2. The van der Waals surface area contributed by atoms with E-state index in [1.165, 1.54) is 0 Å². The molecule has 1 unspecified atom stereocenters. The summed E-state index contributed by atoms with van der Waals surface area (Å²) in [6.07, 6.45) is 0.648. The van der Waals surface area contributed by atoms with E-state index in [4.69, 9.17) is 10.8 Å². The minimum atomic E-state index is -0.787. The van der Waals surface area contributed by atoms with E-state index >= 15 is 0 Å². The number of rotatable bonds is 4. The van der Waals surface area contributed by atoms with Crippen LogP contribution in [0.25, 0.3) is 0 Å². The fourth-order valence-electron chi connectivity index (χ4n) is 1.17. The maximum atomic E-state index is 10.3. The average Bonchev–Trinajstić information content (AvgIpc) is 2.47. The van der Waals surface area contributed by atoms with Crippen LogP contribution in [0, 0.1) is 6.92 Å². The minimum Gasteiger partial charge on any atom is -0.481 e. The summed E-state index contributed by atoms with van der Waals surface area (Å²) in [5, 5.41) is 10.5. The Balaban J connectivity index is 2.53. The zero-order chi connectivity index (χ0) is 9.84. The minimum absolute atomic E-state index is 0.129. The Labute approximate surface area is 81.2 Å². The first-order valence-electron chi connectivity index (χ1n) is 4.12. The van der Waals surface area contributed by atoms with E-state index in [0.717, 1.165) is 10.4 Å². The molecule has 0 fully saturated rings. The number of nitrogens with two attached hydrogens (primary N) is 1. The van der Waals surface area contributed by atoms with Crippen LogP contribution >= 0.6 is 11.3 Å². The van der Waals surface area contributed by atoms with Gasteiger partial charge in [-0.2, -0.15) is 0 Å². The van der Waals surface area contributed by atoms with Gasteiger partial charge in [0.1, 0.15) is 0 Å². The normalized spacial score (nSPS) is 12.8. The molecule has 72 valence electrons. The molecule has 4 heteroatoms. The van der Waals surface area contributed by atoms with Gasteiger partial charge >= 0.3 is 5.97 Å². The number of aryl methyl sites for hydroxylation is 1. The lowest BCUT2D eigenvalue weighted by molar-refractivity contribution is -0.137. The Hall–Kier alpha value is -0.870. The summed E-state index contributed by atoms with van der Waals surface area (Å²) in [7, 11) is 0. The van der Waals surface area contributed by atoms with E-state index in [1.807, 2.05) is 18.4 Å². The molecule has 0 amide bonds. The summed E-state index contributed by atoms with van der Waals surface area (Å²) in [4.78, 5) is 11.4. The third-order valence-electron chi connectivity index (χ3n) is 1.91. The van der Waals surface area contributed by atoms with Crippen LogP contribution in [-0.2, 0) is 4.79 Å². The lowest BCUT2D eigenvalue weighted by atomic mass is 10.1. The quantitative estimate of drug-likeness (QED) is 0.778. The molecule has 0 aliphatic rings. The summed E-state index contributed by atoms with van der Waals surface area (Å²) < 4.78 is 0. The highest BCUT2D eigenvalue weighted by Gasteiger charge is 2.11. The molecule has 3 N–H and O–H groups in total. The second-order valence-corrected chi connectivity index (χ2v) is 3.95. The molecule has 0 bridgehead atoms. The van der Waals surface area contributed by atoms with Crippen molar-refractivity contribution >= 4 is 17.3 Å². The standard InChI is InChI=1S/C9H13NO2S/c1-6-4-5-13-9(6)7(10)2-3-8(11)12/h4-5,7H,2-3,10H2,1H3,(H,11,12). The molecule has 0 aliphatic carbocycles. The van der Waals surface area contributed by atoms with Gasteiger partial charge in [-0.25, -0.2) is 0 Å². The van der Waals surface area contributed by atoms with E-state index in [0.29, 0.717) is 6.42 Å². The van der Waals surface area contributed by atoms with Gasteiger partial charge < -0.3 is 10.8 Å². The third-order valence-corrected chi connectivity index (χ3v) is 3.06. The molecule has 3 nitrogen and oxygen atoms in total. The van der Waals surface area contributed by atoms with E-state index in [2.05, 4.69) is 0 Å². The first-order chi connectivity index (χ1) is 6.11. The van der Waals surface area contributed by atoms with Crippen molar-refractivity contribution < 1.29 is 9.90 Å². The highest BCUT2D eigenvalue weighted by atomic mass is 32.1. The molecule has 1 heterocycles. The first-order valence-corrected chi connectivity index (χ1v) is 5.00. The van der Waals surface area contributed by atoms with Crippen LogP contribution in [0.4, 0.5) is 0 Å². The number of aliphatic carboxylic acids is 1. The van der Waals surface area contributed by atoms with Crippen LogP contribution in [-0.4, -0.2) is 11.1 Å². The number of carboxylic acid groups (broad SMARTS) is 1. The number of thiophene rings is 1. The summed E-state index contributed by atoms with van der Waals surface area (Å²) >= 11 is 1.59. The highest BCUT2D eigenvalue weighted by Crippen LogP contribution is 2.24. The summed E-state index contributed by atoms with van der Waals surface area (Å²) in [6, 6.07) is 1.87. The van der Waals surface area contributed by atoms with Gasteiger partial charge in [0.15, 0.2) is 0 Å². The fraction of sp³-hybridized carbons (Fsp3) is 0.444. The molecule has 0 radical (unpaired) electrons. The van der Waals surface area contributed by atoms with Crippen molar-refractivity contribution in [2.45, 2.75) is 25.8 Å². The Kier molecular flexibility index (Phi) is 3.45. The van der Waals surface area contributed by atoms with Crippen molar-refractivity contribution in [1.82, 2.24) is 0 Å². The summed E-state index contributed by atoms with van der Waals surface area (Å²) in [5.41, 5.74) is 6.99. The van der Waals surface area contributed by atoms with E-state index in [9.17, 15) is 4.79 Å². The molecule has 0 spiro atoms. The third kappa shape index (κ3) is 2.82. The molecule has 0 saturated carbocycles. The molecule has 0 aromatic carbocycles. The maximum absolute atomic E-state index is 10.3. The lowest BCUT2D eigenvalue weighted by Gasteiger charge is -2.08. The molecule has 0 aliphatic heterocycles. The second-order valence-electron chi connectivity index (χ2n) is 3.01. The summed E-state index contributed by atoms with van der Waals surface area (Å²) in [5.74, 6) is -0.787. The van der Waals surface area contributed by atoms with Crippen LogP contribution in [0.15, 0.2) is 11.4 Å². The fourth-order valence-corrected chi connectivity index (χ4v) is 2.14. The molecular formula is C9H13NO2S. The number of carboxylic acids is 1. The van der Waals surface area contributed by atoms with Crippen LogP contribution in [0.3, 0.4) is 0 Å². The van der Waals surface area contributed by atoms with Crippen molar-refractivity contribution in [3.05, 3.63) is 21.9 Å². The van der Waals surface area contributed by atoms with Gasteiger partial charge in [-0.15, -0.1) is 11.3 Å². The van der Waals surface area contributed by atoms with Gasteiger partial charge in [0.2, 0.25) is 0 Å². The number of hydrogen-bond acceptors (Lipinski definition) is 3. The van der Waals surface area contributed by atoms with Gasteiger partial charge in [0.05, 0.1) is 0 Å². The molecule has 0 saturated heterocycles. The Morgan fingerprint density at radius 3 is 2.92 bits per heavy atom. The number of carbonyl (C=O) groups is 1. The van der Waals surface area contributed by atoms with Gasteiger partial charge in [0.25, 0.3) is 0 Å². The monoisotopic (exact) mass is 199 g/mol. The van der Waals surface area contributed by atoms with Gasteiger partial charge in [-0.1, -0.05) is 0 Å². The molecule has 1 aromatic heterocycles. The maximum Gasteiger partial charge on any atom is 0.303 e. The Morgan fingerprint density at radius 1 is 1.77 bits per heavy atom. The van der Waals surface area contributed by atoms with Crippen molar-refractivity contribution in [3.8, 4) is 0 Å². The molecule has 1 aromatic rings. The van der Waals surface area contributed by atoms with Crippen LogP contribution in [0.2, 0.25) is 0 Å². The summed E-state index contributed by atoms with van der Waals surface area (Å²) in [6.45, 7) is 1.99. The van der Waals surface area contributed by atoms with Crippen molar-refractivity contribution in [1.29, 1.82) is 0 Å². The predicted octanol–water partition coefficient (Wildman–Crippen LogP) is 1.92. The molecule has 1 rings (SSSR count). The average molecular weight is 199 g/mol. The zero-order valence-corrected chi connectivity index (χ0v) is 8.30. The smallest absolute Gasteiger partial charge is 0.303 e. The Morgan fingerprint density at radius 2 is 2.46 bits per heavy atom. The molecule has 13 heavy (non-hydrogen) atoms. The second kappa shape index (κ2) is 4.39. The van der Waals surface area contributed by atoms with Crippen LogP contribution in [0.1, 0.15) is 29.3 Å². The predicted molar refractivity (Wildman–Crippen MR) is 52.9 cm³/mol. The van der Waals surface area contributed by atoms with E-state index in [-0.39, 0.29) is 12.5 Å². The van der Waals surface area contributed by atoms with Crippen LogP contribution in [0.5, 0.6) is 0 Å². The van der Waals surface area contributed by atoms with Crippen molar-refractivity contribution in [2.24, 2.45) is 5.73 Å². The zero-order valence-electron chi connectivity index (χ0n) is 7.49. The van der Waals surface area contributed by atoms with Crippen molar-refractivity contribution in [2.75, 3.05) is 0 Å². The Bertz CT molecular complexity index is 296. The van der Waals surface area contributed by atoms with Gasteiger partial charge in [-0.3, -0.25) is 4.79 Å². The van der Waals surface area contributed by atoms with E-state index < -0.39 is 5.97 Å². The van der Waals surface area contributed by atoms with Gasteiger partial charge in [0, 0.05) is 17.3 Å².